The predicted molar refractivity (Wildman–Crippen MR) is 106 cm³/mol. The largest absolute Gasteiger partial charge is 0.493 e. The Balaban J connectivity index is 2.06. The Morgan fingerprint density at radius 3 is 2.81 bits per heavy atom. The van der Waals surface area contributed by atoms with Crippen LogP contribution in [0.5, 0.6) is 11.6 Å². The molecule has 0 bridgehead atoms. The number of aromatic hydroxyl groups is 1. The van der Waals surface area contributed by atoms with Gasteiger partial charge in [0.15, 0.2) is 0 Å². The maximum absolute atomic E-state index is 10.8. The van der Waals surface area contributed by atoms with E-state index in [1.54, 1.807) is 6.92 Å². The molecule has 0 saturated carbocycles. The Kier molecular flexibility index (Phi) is 6.30. The number of thiazole rings is 1. The Morgan fingerprint density at radius 1 is 1.33 bits per heavy atom. The molecular weight excluding hydrogens is 364 g/mol. The van der Waals surface area contributed by atoms with E-state index in [-0.39, 0.29) is 18.5 Å². The summed E-state index contributed by atoms with van der Waals surface area (Å²) in [5, 5.41) is 24.5. The number of aromatic nitrogens is 3. The Hall–Kier alpha value is -2.16. The van der Waals surface area contributed by atoms with E-state index >= 15 is 0 Å². The first kappa shape index (κ1) is 19.6. The van der Waals surface area contributed by atoms with E-state index in [0.717, 1.165) is 29.0 Å². The van der Waals surface area contributed by atoms with Gasteiger partial charge in [0.05, 0.1) is 24.1 Å². The summed E-state index contributed by atoms with van der Waals surface area (Å²) < 4.78 is 7.49. The van der Waals surface area contributed by atoms with Gasteiger partial charge < -0.3 is 14.9 Å². The topological polar surface area (TPSA) is 83.1 Å². The fraction of sp³-hybridized carbons (Fsp3) is 0.474. The first-order valence-corrected chi connectivity index (χ1v) is 9.96. The molecule has 0 radical (unpaired) electrons. The zero-order valence-corrected chi connectivity index (χ0v) is 16.7. The van der Waals surface area contributed by atoms with Crippen molar-refractivity contribution in [1.29, 1.82) is 0 Å². The number of ether oxygens (including phenoxy) is 1. The molecule has 0 aliphatic heterocycles. The smallest absolute Gasteiger partial charge is 0.230 e. The standard InChI is InChI=1S/C19H26N4O3S/c1-4-5-12-26-15-9-7-6-8-14(15)16(22(3)10-11-24)17-18(25)23-19(27-17)20-13(2)21-23/h6-9,16,24-25H,4-5,10-12H2,1-3H3. The van der Waals surface area contributed by atoms with Crippen molar-refractivity contribution in [2.75, 3.05) is 26.8 Å². The van der Waals surface area contributed by atoms with Gasteiger partial charge in [-0.15, -0.1) is 5.10 Å². The average molecular weight is 391 g/mol. The normalized spacial score (nSPS) is 12.8. The zero-order chi connectivity index (χ0) is 19.4. The molecule has 1 atom stereocenters. The van der Waals surface area contributed by atoms with Crippen LogP contribution in [0.2, 0.25) is 0 Å². The van der Waals surface area contributed by atoms with Crippen LogP contribution in [0.3, 0.4) is 0 Å². The molecule has 0 aliphatic carbocycles. The summed E-state index contributed by atoms with van der Waals surface area (Å²) in [6.07, 6.45) is 2.04. The van der Waals surface area contributed by atoms with E-state index < -0.39 is 0 Å². The summed E-state index contributed by atoms with van der Waals surface area (Å²) in [6.45, 7) is 5.05. The van der Waals surface area contributed by atoms with Gasteiger partial charge >= 0.3 is 0 Å². The van der Waals surface area contributed by atoms with Crippen molar-refractivity contribution in [1.82, 2.24) is 19.5 Å². The molecule has 1 aromatic carbocycles. The maximum atomic E-state index is 10.8. The number of aryl methyl sites for hydroxylation is 1. The van der Waals surface area contributed by atoms with Crippen LogP contribution in [0.1, 0.15) is 42.1 Å². The third kappa shape index (κ3) is 4.07. The van der Waals surface area contributed by atoms with Gasteiger partial charge in [0, 0.05) is 12.1 Å². The van der Waals surface area contributed by atoms with Gasteiger partial charge in [-0.1, -0.05) is 42.9 Å². The highest BCUT2D eigenvalue weighted by Crippen LogP contribution is 2.42. The van der Waals surface area contributed by atoms with Gasteiger partial charge in [0.2, 0.25) is 10.8 Å². The molecule has 8 heteroatoms. The quantitative estimate of drug-likeness (QED) is 0.547. The number of para-hydroxylation sites is 1. The molecule has 3 rings (SSSR count). The first-order chi connectivity index (χ1) is 13.1. The first-order valence-electron chi connectivity index (χ1n) is 9.14. The van der Waals surface area contributed by atoms with Crippen LogP contribution in [0.25, 0.3) is 4.96 Å². The van der Waals surface area contributed by atoms with Crippen molar-refractivity contribution >= 4 is 16.3 Å². The Bertz CT molecular complexity index is 892. The van der Waals surface area contributed by atoms with E-state index in [1.807, 2.05) is 36.2 Å². The van der Waals surface area contributed by atoms with Gasteiger partial charge in [-0.2, -0.15) is 4.52 Å². The lowest BCUT2D eigenvalue weighted by Gasteiger charge is -2.28. The van der Waals surface area contributed by atoms with Crippen molar-refractivity contribution in [3.63, 3.8) is 0 Å². The summed E-state index contributed by atoms with van der Waals surface area (Å²) in [5.41, 5.74) is 0.945. The molecule has 7 nitrogen and oxygen atoms in total. The van der Waals surface area contributed by atoms with Crippen LogP contribution in [0.4, 0.5) is 0 Å². The summed E-state index contributed by atoms with van der Waals surface area (Å²) in [6, 6.07) is 7.58. The molecule has 0 saturated heterocycles. The van der Waals surface area contributed by atoms with Gasteiger partial charge in [-0.05, 0) is 26.5 Å². The van der Waals surface area contributed by atoms with Gasteiger partial charge in [-0.3, -0.25) is 4.90 Å². The minimum atomic E-state index is -0.274. The van der Waals surface area contributed by atoms with Crippen molar-refractivity contribution in [3.8, 4) is 11.6 Å². The number of unbranched alkanes of at least 4 members (excludes halogenated alkanes) is 1. The van der Waals surface area contributed by atoms with Crippen LogP contribution in [0.15, 0.2) is 24.3 Å². The predicted octanol–water partition coefficient (Wildman–Crippen LogP) is 3.00. The monoisotopic (exact) mass is 390 g/mol. The number of likely N-dealkylation sites (N-methyl/N-ethyl adjacent to an activating group) is 1. The lowest BCUT2D eigenvalue weighted by molar-refractivity contribution is 0.193. The third-order valence-corrected chi connectivity index (χ3v) is 5.49. The summed E-state index contributed by atoms with van der Waals surface area (Å²) in [7, 11) is 1.92. The molecule has 0 spiro atoms. The van der Waals surface area contributed by atoms with Gasteiger partial charge in [0.1, 0.15) is 11.6 Å². The number of hydrogen-bond acceptors (Lipinski definition) is 7. The Labute approximate surface area is 162 Å². The van der Waals surface area contributed by atoms with Crippen LogP contribution in [-0.2, 0) is 0 Å². The van der Waals surface area contributed by atoms with E-state index in [4.69, 9.17) is 4.74 Å². The van der Waals surface area contributed by atoms with Crippen LogP contribution in [0, 0.1) is 6.92 Å². The number of hydrogen-bond donors (Lipinski definition) is 2. The summed E-state index contributed by atoms with van der Waals surface area (Å²) in [5.74, 6) is 1.48. The lowest BCUT2D eigenvalue weighted by Crippen LogP contribution is -2.28. The molecule has 2 N–H and O–H groups in total. The molecule has 1 unspecified atom stereocenters. The van der Waals surface area contributed by atoms with Crippen molar-refractivity contribution in [2.45, 2.75) is 32.7 Å². The fourth-order valence-electron chi connectivity index (χ4n) is 3.06. The highest BCUT2D eigenvalue weighted by Gasteiger charge is 2.29. The number of fused-ring (bicyclic) bond motifs is 1. The highest BCUT2D eigenvalue weighted by atomic mass is 32.1. The molecule has 0 aliphatic rings. The number of nitrogens with zero attached hydrogens (tertiary/aromatic N) is 4. The average Bonchev–Trinajstić information content (AvgIpc) is 3.15. The van der Waals surface area contributed by atoms with E-state index in [9.17, 15) is 10.2 Å². The molecule has 146 valence electrons. The molecule has 0 amide bonds. The van der Waals surface area contributed by atoms with Gasteiger partial charge in [0.25, 0.3) is 0 Å². The second kappa shape index (κ2) is 8.69. The maximum Gasteiger partial charge on any atom is 0.230 e. The fourth-order valence-corrected chi connectivity index (χ4v) is 4.24. The zero-order valence-electron chi connectivity index (χ0n) is 15.9. The number of aliphatic hydroxyl groups excluding tert-OH is 1. The van der Waals surface area contributed by atoms with Gasteiger partial charge in [-0.25, -0.2) is 4.98 Å². The third-order valence-electron chi connectivity index (χ3n) is 4.42. The Morgan fingerprint density at radius 2 is 2.11 bits per heavy atom. The van der Waals surface area contributed by atoms with Crippen LogP contribution < -0.4 is 4.74 Å². The van der Waals surface area contributed by atoms with Crippen molar-refractivity contribution < 1.29 is 14.9 Å². The summed E-state index contributed by atoms with van der Waals surface area (Å²) in [4.78, 5) is 7.74. The lowest BCUT2D eigenvalue weighted by atomic mass is 10.0. The molecule has 0 fully saturated rings. The number of rotatable bonds is 9. The number of benzene rings is 1. The van der Waals surface area contributed by atoms with Crippen LogP contribution in [-0.4, -0.2) is 56.5 Å². The van der Waals surface area contributed by atoms with Crippen LogP contribution >= 0.6 is 11.3 Å². The van der Waals surface area contributed by atoms with E-state index in [1.165, 1.54) is 15.9 Å². The van der Waals surface area contributed by atoms with Crippen molar-refractivity contribution in [2.24, 2.45) is 0 Å². The SMILES string of the molecule is CCCCOc1ccccc1C(c1sc2nc(C)nn2c1O)N(C)CCO. The molecule has 27 heavy (non-hydrogen) atoms. The minimum Gasteiger partial charge on any atom is -0.493 e. The van der Waals surface area contributed by atoms with E-state index in [0.29, 0.717) is 23.9 Å². The highest BCUT2D eigenvalue weighted by molar-refractivity contribution is 7.17. The van der Waals surface area contributed by atoms with Crippen molar-refractivity contribution in [3.05, 3.63) is 40.5 Å². The molecule has 2 aromatic heterocycles. The van der Waals surface area contributed by atoms with E-state index in [2.05, 4.69) is 17.0 Å². The summed E-state index contributed by atoms with van der Waals surface area (Å²) >= 11 is 1.40. The number of aliphatic hydroxyl groups is 1. The second-order valence-electron chi connectivity index (χ2n) is 6.49. The molecule has 3 aromatic rings. The minimum absolute atomic E-state index is 0.0203. The second-order valence-corrected chi connectivity index (χ2v) is 7.50. The molecule has 2 heterocycles. The molecular formula is C19H26N4O3S.